The number of carbonyl (C=O) groups excluding carboxylic acids is 1. The van der Waals surface area contributed by atoms with Crippen LogP contribution in [0.4, 0.5) is 0 Å². The molecule has 1 saturated heterocycles. The normalized spacial score (nSPS) is 26.3. The highest BCUT2D eigenvalue weighted by molar-refractivity contribution is 5.79. The second kappa shape index (κ2) is 4.75. The lowest BCUT2D eigenvalue weighted by Crippen LogP contribution is -2.45. The van der Waals surface area contributed by atoms with E-state index in [4.69, 9.17) is 10.8 Å². The number of hydrogen-bond donors (Lipinski definition) is 2. The number of hydrogen-bond acceptors (Lipinski definition) is 3. The minimum atomic E-state index is -0.151. The Morgan fingerprint density at radius 2 is 2.29 bits per heavy atom. The SMILES string of the molecule is CC(N)C(C)C(=O)N1CCCC1CO. The molecular formula is C10H20N2O2. The van der Waals surface area contributed by atoms with Crippen LogP contribution in [0.15, 0.2) is 0 Å². The molecule has 0 aromatic carbocycles. The van der Waals surface area contributed by atoms with E-state index in [-0.39, 0.29) is 30.5 Å². The Labute approximate surface area is 85.1 Å². The second-order valence-corrected chi connectivity index (χ2v) is 4.16. The number of likely N-dealkylation sites (tertiary alicyclic amines) is 1. The van der Waals surface area contributed by atoms with E-state index in [1.165, 1.54) is 0 Å². The van der Waals surface area contributed by atoms with E-state index in [1.807, 2.05) is 13.8 Å². The molecular weight excluding hydrogens is 180 g/mol. The summed E-state index contributed by atoms with van der Waals surface area (Å²) in [6.45, 7) is 4.52. The van der Waals surface area contributed by atoms with Gasteiger partial charge in [-0.2, -0.15) is 0 Å². The molecule has 1 aliphatic heterocycles. The molecule has 0 aromatic rings. The predicted molar refractivity (Wildman–Crippen MR) is 54.6 cm³/mol. The Morgan fingerprint density at radius 3 is 2.79 bits per heavy atom. The number of nitrogens with two attached hydrogens (primary N) is 1. The van der Waals surface area contributed by atoms with Gasteiger partial charge in [-0.05, 0) is 19.8 Å². The molecule has 0 bridgehead atoms. The van der Waals surface area contributed by atoms with Crippen LogP contribution in [0.1, 0.15) is 26.7 Å². The molecule has 1 rings (SSSR count). The Hall–Kier alpha value is -0.610. The topological polar surface area (TPSA) is 66.6 Å². The third kappa shape index (κ3) is 2.25. The Morgan fingerprint density at radius 1 is 1.64 bits per heavy atom. The summed E-state index contributed by atoms with van der Waals surface area (Å²) < 4.78 is 0. The first-order valence-electron chi connectivity index (χ1n) is 5.24. The fourth-order valence-corrected chi connectivity index (χ4v) is 1.80. The number of aliphatic hydroxyl groups is 1. The summed E-state index contributed by atoms with van der Waals surface area (Å²) in [7, 11) is 0. The monoisotopic (exact) mass is 200 g/mol. The zero-order valence-corrected chi connectivity index (χ0v) is 8.94. The van der Waals surface area contributed by atoms with Gasteiger partial charge in [0.2, 0.25) is 5.91 Å². The van der Waals surface area contributed by atoms with E-state index in [0.717, 1.165) is 19.4 Å². The summed E-state index contributed by atoms with van der Waals surface area (Å²) in [5, 5.41) is 9.08. The van der Waals surface area contributed by atoms with Crippen molar-refractivity contribution in [3.63, 3.8) is 0 Å². The van der Waals surface area contributed by atoms with Crippen molar-refractivity contribution in [2.75, 3.05) is 13.2 Å². The molecule has 1 amide bonds. The molecule has 4 heteroatoms. The molecule has 4 nitrogen and oxygen atoms in total. The van der Waals surface area contributed by atoms with E-state index < -0.39 is 0 Å². The van der Waals surface area contributed by atoms with Gasteiger partial charge in [0.15, 0.2) is 0 Å². The smallest absolute Gasteiger partial charge is 0.227 e. The molecule has 0 aliphatic carbocycles. The molecule has 3 atom stereocenters. The molecule has 1 heterocycles. The van der Waals surface area contributed by atoms with Gasteiger partial charge in [0.25, 0.3) is 0 Å². The molecule has 14 heavy (non-hydrogen) atoms. The van der Waals surface area contributed by atoms with E-state index in [1.54, 1.807) is 4.90 Å². The zero-order chi connectivity index (χ0) is 10.7. The first-order valence-corrected chi connectivity index (χ1v) is 5.24. The van der Waals surface area contributed by atoms with Crippen LogP contribution in [-0.4, -0.2) is 41.1 Å². The van der Waals surface area contributed by atoms with Crippen molar-refractivity contribution < 1.29 is 9.90 Å². The van der Waals surface area contributed by atoms with Gasteiger partial charge < -0.3 is 15.7 Å². The maximum absolute atomic E-state index is 11.9. The van der Waals surface area contributed by atoms with Crippen LogP contribution < -0.4 is 5.73 Å². The van der Waals surface area contributed by atoms with Crippen molar-refractivity contribution in [3.05, 3.63) is 0 Å². The van der Waals surface area contributed by atoms with Crippen LogP contribution >= 0.6 is 0 Å². The third-order valence-corrected chi connectivity index (χ3v) is 3.05. The first-order chi connectivity index (χ1) is 6.57. The van der Waals surface area contributed by atoms with E-state index in [0.29, 0.717) is 0 Å². The van der Waals surface area contributed by atoms with Crippen molar-refractivity contribution in [1.82, 2.24) is 4.90 Å². The fraction of sp³-hybridized carbons (Fsp3) is 0.900. The van der Waals surface area contributed by atoms with Gasteiger partial charge in [0.05, 0.1) is 18.6 Å². The fourth-order valence-electron chi connectivity index (χ4n) is 1.80. The number of amides is 1. The van der Waals surface area contributed by atoms with Crippen molar-refractivity contribution in [3.8, 4) is 0 Å². The lowest BCUT2D eigenvalue weighted by atomic mass is 10.0. The van der Waals surface area contributed by atoms with E-state index >= 15 is 0 Å². The van der Waals surface area contributed by atoms with Crippen LogP contribution in [0.25, 0.3) is 0 Å². The van der Waals surface area contributed by atoms with Crippen LogP contribution in [0, 0.1) is 5.92 Å². The van der Waals surface area contributed by atoms with Crippen LogP contribution in [0.5, 0.6) is 0 Å². The molecule has 0 spiro atoms. The molecule has 3 N–H and O–H groups in total. The van der Waals surface area contributed by atoms with Crippen molar-refractivity contribution in [2.24, 2.45) is 11.7 Å². The standard InChI is InChI=1S/C10H20N2O2/c1-7(8(2)11)10(14)12-5-3-4-9(12)6-13/h7-9,13H,3-6,11H2,1-2H3. The number of nitrogens with zero attached hydrogens (tertiary/aromatic N) is 1. The minimum Gasteiger partial charge on any atom is -0.394 e. The van der Waals surface area contributed by atoms with Crippen LogP contribution in [-0.2, 0) is 4.79 Å². The Balaban J connectivity index is 2.59. The van der Waals surface area contributed by atoms with Crippen LogP contribution in [0.3, 0.4) is 0 Å². The molecule has 0 saturated carbocycles. The van der Waals surface area contributed by atoms with Crippen LogP contribution in [0.2, 0.25) is 0 Å². The lowest BCUT2D eigenvalue weighted by molar-refractivity contribution is -0.137. The van der Waals surface area contributed by atoms with Gasteiger partial charge in [-0.3, -0.25) is 4.79 Å². The molecule has 0 radical (unpaired) electrons. The summed E-state index contributed by atoms with van der Waals surface area (Å²) in [6.07, 6.45) is 1.90. The Kier molecular flexibility index (Phi) is 3.89. The number of rotatable bonds is 3. The minimum absolute atomic E-state index is 0.0173. The largest absolute Gasteiger partial charge is 0.394 e. The highest BCUT2D eigenvalue weighted by Gasteiger charge is 2.31. The van der Waals surface area contributed by atoms with Crippen molar-refractivity contribution in [1.29, 1.82) is 0 Å². The molecule has 82 valence electrons. The van der Waals surface area contributed by atoms with Gasteiger partial charge in [0.1, 0.15) is 0 Å². The van der Waals surface area contributed by atoms with Gasteiger partial charge in [-0.25, -0.2) is 0 Å². The summed E-state index contributed by atoms with van der Waals surface area (Å²) in [5.41, 5.74) is 5.68. The average molecular weight is 200 g/mol. The highest BCUT2D eigenvalue weighted by atomic mass is 16.3. The number of carbonyl (C=O) groups is 1. The maximum Gasteiger partial charge on any atom is 0.227 e. The van der Waals surface area contributed by atoms with Crippen molar-refractivity contribution >= 4 is 5.91 Å². The van der Waals surface area contributed by atoms with Gasteiger partial charge >= 0.3 is 0 Å². The van der Waals surface area contributed by atoms with Gasteiger partial charge in [-0.1, -0.05) is 6.92 Å². The summed E-state index contributed by atoms with van der Waals surface area (Å²) in [6, 6.07) is -0.105. The molecule has 1 fully saturated rings. The summed E-state index contributed by atoms with van der Waals surface area (Å²) in [4.78, 5) is 13.7. The number of aliphatic hydroxyl groups excluding tert-OH is 1. The van der Waals surface area contributed by atoms with Gasteiger partial charge in [0, 0.05) is 12.6 Å². The quantitative estimate of drug-likeness (QED) is 0.671. The molecule has 3 unspecified atom stereocenters. The van der Waals surface area contributed by atoms with E-state index in [9.17, 15) is 4.79 Å². The third-order valence-electron chi connectivity index (χ3n) is 3.05. The second-order valence-electron chi connectivity index (χ2n) is 4.16. The zero-order valence-electron chi connectivity index (χ0n) is 8.94. The lowest BCUT2D eigenvalue weighted by Gasteiger charge is -2.27. The Bertz CT molecular complexity index is 206. The van der Waals surface area contributed by atoms with E-state index in [2.05, 4.69) is 0 Å². The average Bonchev–Trinajstić information content (AvgIpc) is 2.62. The summed E-state index contributed by atoms with van der Waals surface area (Å²) in [5.74, 6) is -0.0706. The first kappa shape index (κ1) is 11.5. The summed E-state index contributed by atoms with van der Waals surface area (Å²) >= 11 is 0. The maximum atomic E-state index is 11.9. The molecule has 0 aromatic heterocycles. The predicted octanol–water partition coefficient (Wildman–Crippen LogP) is -0.0470. The van der Waals surface area contributed by atoms with Gasteiger partial charge in [-0.15, -0.1) is 0 Å². The van der Waals surface area contributed by atoms with Crippen molar-refractivity contribution in [2.45, 2.75) is 38.8 Å². The molecule has 1 aliphatic rings. The highest BCUT2D eigenvalue weighted by Crippen LogP contribution is 2.19.